The third-order valence-electron chi connectivity index (χ3n) is 10.8. The van der Waals surface area contributed by atoms with Crippen LogP contribution in [0.15, 0.2) is 23.3 Å². The Hall–Kier alpha value is -1.84. The van der Waals surface area contributed by atoms with Crippen LogP contribution in [0, 0.1) is 46.3 Å². The van der Waals surface area contributed by atoms with Crippen molar-refractivity contribution in [2.75, 3.05) is 0 Å². The van der Waals surface area contributed by atoms with Gasteiger partial charge in [-0.15, -0.1) is 0 Å². The second-order valence-corrected chi connectivity index (χ2v) is 12.5. The number of Topliss-reactive ketones (excluding diaryl/α,β-unsaturated/α-hetero) is 4. The number of allylic oxidation sites excluding steroid dienone is 3. The largest absolute Gasteiger partial charge is 0.299 e. The third-order valence-corrected chi connectivity index (χ3v) is 10.8. The lowest BCUT2D eigenvalue weighted by atomic mass is 9.48. The SMILES string of the molecule is C=C(CC[C@@H](C)[C@H]1CC[C@H]2C3=C(C(=O)C[C@]12C)[C@@]1(C)CCC(=O)[C@@H](C)[C@@H]1CC3=O)C(C)C(C)=O. The van der Waals surface area contributed by atoms with Crippen LogP contribution in [-0.4, -0.2) is 23.1 Å². The molecule has 4 aliphatic carbocycles. The Labute approximate surface area is 205 Å². The highest BCUT2D eigenvalue weighted by molar-refractivity contribution is 6.11. The molecular weight excluding hydrogens is 424 g/mol. The van der Waals surface area contributed by atoms with Gasteiger partial charge >= 0.3 is 0 Å². The molecule has 0 aliphatic heterocycles. The fraction of sp³-hybridized carbons (Fsp3) is 0.733. The highest BCUT2D eigenvalue weighted by atomic mass is 16.1. The van der Waals surface area contributed by atoms with Gasteiger partial charge in [-0.25, -0.2) is 0 Å². The van der Waals surface area contributed by atoms with E-state index >= 15 is 0 Å². The van der Waals surface area contributed by atoms with Crippen molar-refractivity contribution in [3.05, 3.63) is 23.3 Å². The van der Waals surface area contributed by atoms with Crippen LogP contribution in [0.2, 0.25) is 0 Å². The minimum absolute atomic E-state index is 0.0429. The van der Waals surface area contributed by atoms with Gasteiger partial charge in [-0.1, -0.05) is 46.8 Å². The summed E-state index contributed by atoms with van der Waals surface area (Å²) < 4.78 is 0. The fourth-order valence-corrected chi connectivity index (χ4v) is 8.36. The van der Waals surface area contributed by atoms with Crippen molar-refractivity contribution in [3.8, 4) is 0 Å². The van der Waals surface area contributed by atoms with Crippen molar-refractivity contribution >= 4 is 23.1 Å². The van der Waals surface area contributed by atoms with Gasteiger partial charge in [0.1, 0.15) is 11.6 Å². The van der Waals surface area contributed by atoms with Crippen LogP contribution >= 0.6 is 0 Å². The van der Waals surface area contributed by atoms with Crippen molar-refractivity contribution in [3.63, 3.8) is 0 Å². The van der Waals surface area contributed by atoms with Gasteiger partial charge in [-0.05, 0) is 68.1 Å². The highest BCUT2D eigenvalue weighted by Gasteiger charge is 2.61. The zero-order chi connectivity index (χ0) is 25.2. The van der Waals surface area contributed by atoms with E-state index in [9.17, 15) is 19.2 Å². The van der Waals surface area contributed by atoms with E-state index in [0.29, 0.717) is 37.5 Å². The zero-order valence-electron chi connectivity index (χ0n) is 22.0. The minimum Gasteiger partial charge on any atom is -0.299 e. The Morgan fingerprint density at radius 1 is 1.12 bits per heavy atom. The summed E-state index contributed by atoms with van der Waals surface area (Å²) in [6.45, 7) is 16.3. The first-order valence-corrected chi connectivity index (χ1v) is 13.3. The van der Waals surface area contributed by atoms with E-state index in [1.807, 2.05) is 13.8 Å². The normalized spacial score (nSPS) is 39.3. The molecule has 4 heteroatoms. The van der Waals surface area contributed by atoms with E-state index in [0.717, 1.165) is 42.4 Å². The van der Waals surface area contributed by atoms with E-state index in [-0.39, 0.29) is 57.6 Å². The van der Waals surface area contributed by atoms with E-state index in [4.69, 9.17) is 0 Å². The summed E-state index contributed by atoms with van der Waals surface area (Å²) in [4.78, 5) is 51.6. The van der Waals surface area contributed by atoms with Crippen LogP contribution in [0.5, 0.6) is 0 Å². The van der Waals surface area contributed by atoms with E-state index in [2.05, 4.69) is 27.4 Å². The van der Waals surface area contributed by atoms with Crippen LogP contribution in [0.1, 0.15) is 92.9 Å². The first-order chi connectivity index (χ1) is 15.8. The summed E-state index contributed by atoms with van der Waals surface area (Å²) in [5, 5.41) is 0. The summed E-state index contributed by atoms with van der Waals surface area (Å²) in [7, 11) is 0. The van der Waals surface area contributed by atoms with E-state index in [1.165, 1.54) is 0 Å². The number of rotatable bonds is 6. The van der Waals surface area contributed by atoms with Gasteiger partial charge in [0, 0.05) is 47.7 Å². The number of fused-ring (bicyclic) bond motifs is 4. The van der Waals surface area contributed by atoms with Crippen molar-refractivity contribution < 1.29 is 19.2 Å². The monoisotopic (exact) mass is 466 g/mol. The van der Waals surface area contributed by atoms with Gasteiger partial charge < -0.3 is 0 Å². The second-order valence-electron chi connectivity index (χ2n) is 12.5. The summed E-state index contributed by atoms with van der Waals surface area (Å²) >= 11 is 0. The van der Waals surface area contributed by atoms with E-state index in [1.54, 1.807) is 6.92 Å². The number of carbonyl (C=O) groups excluding carboxylic acids is 4. The predicted molar refractivity (Wildman–Crippen MR) is 133 cm³/mol. The maximum atomic E-state index is 13.8. The topological polar surface area (TPSA) is 68.3 Å². The van der Waals surface area contributed by atoms with Gasteiger partial charge in [0.05, 0.1) is 0 Å². The molecule has 0 radical (unpaired) electrons. The molecule has 4 rings (SSSR count). The summed E-state index contributed by atoms with van der Waals surface area (Å²) in [5.74, 6) is 1.29. The molecular formula is C30H42O4. The van der Waals surface area contributed by atoms with Crippen LogP contribution in [0.3, 0.4) is 0 Å². The number of carbonyl (C=O) groups is 4. The van der Waals surface area contributed by atoms with Crippen molar-refractivity contribution in [2.24, 2.45) is 46.3 Å². The Morgan fingerprint density at radius 2 is 1.79 bits per heavy atom. The second kappa shape index (κ2) is 8.68. The Kier molecular flexibility index (Phi) is 6.44. The van der Waals surface area contributed by atoms with Crippen molar-refractivity contribution in [1.82, 2.24) is 0 Å². The number of hydrogen-bond acceptors (Lipinski definition) is 4. The maximum absolute atomic E-state index is 13.8. The Balaban J connectivity index is 1.61. The first-order valence-electron chi connectivity index (χ1n) is 13.3. The van der Waals surface area contributed by atoms with Crippen LogP contribution in [-0.2, 0) is 19.2 Å². The van der Waals surface area contributed by atoms with Crippen LogP contribution < -0.4 is 0 Å². The molecule has 186 valence electrons. The summed E-state index contributed by atoms with van der Waals surface area (Å²) in [6, 6.07) is 0. The molecule has 0 aromatic carbocycles. The quantitative estimate of drug-likeness (QED) is 0.445. The van der Waals surface area contributed by atoms with Gasteiger partial charge in [0.2, 0.25) is 0 Å². The predicted octanol–water partition coefficient (Wildman–Crippen LogP) is 6.08. The molecule has 1 unspecified atom stereocenters. The molecule has 0 amide bonds. The molecule has 8 atom stereocenters. The average molecular weight is 467 g/mol. The first kappa shape index (κ1) is 25.3. The minimum atomic E-state index is -0.348. The zero-order valence-corrected chi connectivity index (χ0v) is 22.0. The van der Waals surface area contributed by atoms with Gasteiger partial charge in [0.15, 0.2) is 11.6 Å². The molecule has 0 aromatic heterocycles. The van der Waals surface area contributed by atoms with Crippen LogP contribution in [0.4, 0.5) is 0 Å². The molecule has 0 N–H and O–H groups in total. The Bertz CT molecular complexity index is 986. The fourth-order valence-electron chi connectivity index (χ4n) is 8.36. The van der Waals surface area contributed by atoms with Crippen LogP contribution in [0.25, 0.3) is 0 Å². The lowest BCUT2D eigenvalue weighted by molar-refractivity contribution is -0.137. The molecule has 0 heterocycles. The lowest BCUT2D eigenvalue weighted by Crippen LogP contribution is -2.53. The summed E-state index contributed by atoms with van der Waals surface area (Å²) in [5.41, 5.74) is 2.08. The molecule has 0 aromatic rings. The molecule has 0 saturated heterocycles. The molecule has 2 fully saturated rings. The standard InChI is InChI=1S/C30H42O4/c1-16(18(3)20(5)31)8-9-17(2)21-10-11-22-27-25(33)14-23-19(4)24(32)12-13-29(23,6)28(27)26(34)15-30(21,22)7/h17-19,21-23H,1,8-15H2,2-7H3/t17-,18?,19+,21-,22+,23+,29+,30-/m1/s1. The molecule has 34 heavy (non-hydrogen) atoms. The molecule has 2 saturated carbocycles. The number of ketones is 4. The van der Waals surface area contributed by atoms with E-state index < -0.39 is 0 Å². The maximum Gasteiger partial charge on any atom is 0.160 e. The third kappa shape index (κ3) is 3.71. The highest BCUT2D eigenvalue weighted by Crippen LogP contribution is 2.64. The average Bonchev–Trinajstić information content (AvgIpc) is 3.11. The molecule has 0 spiro atoms. The smallest absolute Gasteiger partial charge is 0.160 e. The number of hydrogen-bond donors (Lipinski definition) is 0. The van der Waals surface area contributed by atoms with Gasteiger partial charge in [-0.3, -0.25) is 19.2 Å². The summed E-state index contributed by atoms with van der Waals surface area (Å²) in [6.07, 6.45) is 5.89. The van der Waals surface area contributed by atoms with Gasteiger partial charge in [0.25, 0.3) is 0 Å². The van der Waals surface area contributed by atoms with Crippen molar-refractivity contribution in [1.29, 1.82) is 0 Å². The molecule has 0 bridgehead atoms. The lowest BCUT2D eigenvalue weighted by Gasteiger charge is -2.53. The van der Waals surface area contributed by atoms with Crippen molar-refractivity contribution in [2.45, 2.75) is 92.9 Å². The Morgan fingerprint density at radius 3 is 2.44 bits per heavy atom. The van der Waals surface area contributed by atoms with Gasteiger partial charge in [-0.2, -0.15) is 0 Å². The molecule has 4 aliphatic rings. The molecule has 4 nitrogen and oxygen atoms in total.